The van der Waals surface area contributed by atoms with E-state index >= 15 is 0 Å². The minimum Gasteiger partial charge on any atom is -0.493 e. The average Bonchev–Trinajstić information content (AvgIpc) is 2.82. The molecule has 180 valence electrons. The molecule has 9 heteroatoms. The van der Waals surface area contributed by atoms with Crippen LogP contribution in [0.4, 0.5) is 0 Å². The van der Waals surface area contributed by atoms with Crippen molar-refractivity contribution in [3.63, 3.8) is 0 Å². The van der Waals surface area contributed by atoms with Gasteiger partial charge >= 0.3 is 0 Å². The van der Waals surface area contributed by atoms with Crippen LogP contribution in [-0.2, 0) is 13.2 Å². The van der Waals surface area contributed by atoms with Crippen molar-refractivity contribution in [2.45, 2.75) is 20.1 Å². The van der Waals surface area contributed by atoms with Crippen LogP contribution in [0.15, 0.2) is 53.6 Å². The molecule has 0 atom stereocenters. The van der Waals surface area contributed by atoms with E-state index in [9.17, 15) is 0 Å². The summed E-state index contributed by atoms with van der Waals surface area (Å²) in [6.45, 7) is 3.06. The minimum absolute atomic E-state index is 0.218. The van der Waals surface area contributed by atoms with Gasteiger partial charge in [-0.1, -0.05) is 46.9 Å². The Labute approximate surface area is 214 Å². The molecular weight excluding hydrogens is 499 g/mol. The molecule has 6 nitrogen and oxygen atoms in total. The number of hydrazone groups is 1. The van der Waals surface area contributed by atoms with E-state index in [1.54, 1.807) is 38.6 Å². The lowest BCUT2D eigenvalue weighted by Gasteiger charge is -2.15. The number of rotatable bonds is 11. The maximum absolute atomic E-state index is 6.51. The lowest BCUT2D eigenvalue weighted by Crippen LogP contribution is -2.06. The number of nitrogens with one attached hydrogen (secondary N) is 1. The van der Waals surface area contributed by atoms with Crippen LogP contribution in [0, 0.1) is 0 Å². The van der Waals surface area contributed by atoms with E-state index in [2.05, 4.69) is 10.5 Å². The summed E-state index contributed by atoms with van der Waals surface area (Å²) in [5, 5.41) is 5.77. The van der Waals surface area contributed by atoms with Gasteiger partial charge in [0.2, 0.25) is 0 Å². The number of methoxy groups -OCH3 is 2. The van der Waals surface area contributed by atoms with Crippen molar-refractivity contribution in [3.05, 3.63) is 80.3 Å². The van der Waals surface area contributed by atoms with Crippen LogP contribution >= 0.6 is 34.8 Å². The fourth-order valence-corrected chi connectivity index (χ4v) is 3.84. The molecule has 0 unspecified atom stereocenters. The van der Waals surface area contributed by atoms with Crippen molar-refractivity contribution in [1.29, 1.82) is 0 Å². The molecule has 0 amide bonds. The molecule has 0 aliphatic carbocycles. The van der Waals surface area contributed by atoms with E-state index in [0.29, 0.717) is 51.2 Å². The molecular formula is C25H25Cl3N2O4. The van der Waals surface area contributed by atoms with Crippen LogP contribution in [0.1, 0.15) is 23.6 Å². The molecule has 0 aromatic heterocycles. The minimum atomic E-state index is 0.218. The van der Waals surface area contributed by atoms with Crippen molar-refractivity contribution in [2.75, 3.05) is 20.8 Å². The second-order valence-corrected chi connectivity index (χ2v) is 8.32. The standard InChI is InChI=1S/C25H25Cl3N2O4/c1-4-33-24-11-17(14-30-29-13-16-5-8-22(31-2)23(10-16)32-3)9-21(28)25(24)34-15-18-6-7-19(26)12-20(18)27/h5-12,14,29H,4,13,15H2,1-3H3/b30-14-. The molecule has 3 aromatic carbocycles. The highest BCUT2D eigenvalue weighted by atomic mass is 35.5. The van der Waals surface area contributed by atoms with Crippen LogP contribution in [0.5, 0.6) is 23.0 Å². The van der Waals surface area contributed by atoms with Gasteiger partial charge in [-0.3, -0.25) is 0 Å². The summed E-state index contributed by atoms with van der Waals surface area (Å²) in [6, 6.07) is 14.5. The Balaban J connectivity index is 1.68. The van der Waals surface area contributed by atoms with E-state index < -0.39 is 0 Å². The largest absolute Gasteiger partial charge is 0.493 e. The first-order chi connectivity index (χ1) is 16.4. The molecule has 0 bridgehead atoms. The van der Waals surface area contributed by atoms with Crippen molar-refractivity contribution in [1.82, 2.24) is 5.43 Å². The molecule has 0 aliphatic heterocycles. The number of benzene rings is 3. The Kier molecular flexibility index (Phi) is 9.57. The summed E-state index contributed by atoms with van der Waals surface area (Å²) in [5.74, 6) is 2.29. The van der Waals surface area contributed by atoms with Gasteiger partial charge in [0, 0.05) is 15.6 Å². The van der Waals surface area contributed by atoms with Gasteiger partial charge < -0.3 is 24.4 Å². The highest BCUT2D eigenvalue weighted by molar-refractivity contribution is 6.35. The zero-order valence-corrected chi connectivity index (χ0v) is 21.3. The Morgan fingerprint density at radius 3 is 2.35 bits per heavy atom. The number of hydrogen-bond donors (Lipinski definition) is 1. The second-order valence-electron chi connectivity index (χ2n) is 7.07. The van der Waals surface area contributed by atoms with Gasteiger partial charge in [0.25, 0.3) is 0 Å². The van der Waals surface area contributed by atoms with E-state index in [1.807, 2.05) is 37.3 Å². The second kappa shape index (κ2) is 12.6. The highest BCUT2D eigenvalue weighted by Gasteiger charge is 2.13. The fraction of sp³-hybridized carbons (Fsp3) is 0.240. The summed E-state index contributed by atoms with van der Waals surface area (Å²) in [4.78, 5) is 0. The SMILES string of the molecule is CCOc1cc(/C=N\NCc2ccc(OC)c(OC)c2)cc(Cl)c1OCc1ccc(Cl)cc1Cl. The predicted octanol–water partition coefficient (Wildman–Crippen LogP) is 6.77. The molecule has 0 radical (unpaired) electrons. The van der Waals surface area contributed by atoms with Crippen molar-refractivity contribution < 1.29 is 18.9 Å². The average molecular weight is 524 g/mol. The first-order valence-electron chi connectivity index (χ1n) is 10.4. The Morgan fingerprint density at radius 2 is 1.65 bits per heavy atom. The van der Waals surface area contributed by atoms with Gasteiger partial charge in [-0.25, -0.2) is 0 Å². The Morgan fingerprint density at radius 1 is 0.853 bits per heavy atom. The summed E-state index contributed by atoms with van der Waals surface area (Å²) in [7, 11) is 3.20. The Bertz CT molecular complexity index is 1160. The lowest BCUT2D eigenvalue weighted by molar-refractivity contribution is 0.269. The molecule has 0 aliphatic rings. The van der Waals surface area contributed by atoms with E-state index in [4.69, 9.17) is 53.8 Å². The van der Waals surface area contributed by atoms with Crippen LogP contribution in [0.2, 0.25) is 15.1 Å². The van der Waals surface area contributed by atoms with Gasteiger partial charge in [0.05, 0.1) is 38.6 Å². The van der Waals surface area contributed by atoms with E-state index in [1.165, 1.54) is 0 Å². The van der Waals surface area contributed by atoms with Crippen LogP contribution < -0.4 is 24.4 Å². The summed E-state index contributed by atoms with van der Waals surface area (Å²) >= 11 is 18.7. The normalized spacial score (nSPS) is 10.9. The highest BCUT2D eigenvalue weighted by Crippen LogP contribution is 2.37. The van der Waals surface area contributed by atoms with Crippen molar-refractivity contribution in [2.24, 2.45) is 5.10 Å². The molecule has 0 spiro atoms. The molecule has 1 N–H and O–H groups in total. The molecule has 3 rings (SSSR count). The third kappa shape index (κ3) is 6.86. The number of nitrogens with zero attached hydrogens (tertiary/aromatic N) is 1. The number of ether oxygens (including phenoxy) is 4. The summed E-state index contributed by atoms with van der Waals surface area (Å²) in [5.41, 5.74) is 5.55. The summed E-state index contributed by atoms with van der Waals surface area (Å²) in [6.07, 6.45) is 1.66. The number of hydrogen-bond acceptors (Lipinski definition) is 6. The first kappa shape index (κ1) is 25.8. The van der Waals surface area contributed by atoms with Gasteiger partial charge in [0.15, 0.2) is 23.0 Å². The van der Waals surface area contributed by atoms with Crippen LogP contribution in [0.3, 0.4) is 0 Å². The summed E-state index contributed by atoms with van der Waals surface area (Å²) < 4.78 is 22.3. The molecule has 0 saturated carbocycles. The van der Waals surface area contributed by atoms with E-state index in [-0.39, 0.29) is 6.61 Å². The quantitative estimate of drug-likeness (QED) is 0.222. The smallest absolute Gasteiger partial charge is 0.180 e. The predicted molar refractivity (Wildman–Crippen MR) is 137 cm³/mol. The molecule has 34 heavy (non-hydrogen) atoms. The molecule has 0 fully saturated rings. The molecule has 0 heterocycles. The Hall–Kier alpha value is -2.80. The number of halogens is 3. The van der Waals surface area contributed by atoms with Crippen LogP contribution in [-0.4, -0.2) is 27.0 Å². The zero-order chi connectivity index (χ0) is 24.5. The van der Waals surface area contributed by atoms with E-state index in [0.717, 1.165) is 16.7 Å². The van der Waals surface area contributed by atoms with Gasteiger partial charge in [-0.2, -0.15) is 5.10 Å². The van der Waals surface area contributed by atoms with Crippen LogP contribution in [0.25, 0.3) is 0 Å². The van der Waals surface area contributed by atoms with Crippen molar-refractivity contribution >= 4 is 41.0 Å². The molecule has 3 aromatic rings. The maximum Gasteiger partial charge on any atom is 0.180 e. The van der Waals surface area contributed by atoms with Gasteiger partial charge in [-0.05, 0) is 54.4 Å². The maximum atomic E-state index is 6.51. The van der Waals surface area contributed by atoms with Gasteiger partial charge in [-0.15, -0.1) is 0 Å². The zero-order valence-electron chi connectivity index (χ0n) is 19.0. The van der Waals surface area contributed by atoms with Gasteiger partial charge in [0.1, 0.15) is 6.61 Å². The molecule has 0 saturated heterocycles. The monoisotopic (exact) mass is 522 g/mol. The lowest BCUT2D eigenvalue weighted by atomic mass is 10.2. The van der Waals surface area contributed by atoms with Crippen molar-refractivity contribution in [3.8, 4) is 23.0 Å². The first-order valence-corrected chi connectivity index (χ1v) is 11.6. The third-order valence-corrected chi connectivity index (χ3v) is 5.62. The fourth-order valence-electron chi connectivity index (χ4n) is 3.10. The third-order valence-electron chi connectivity index (χ3n) is 4.75. The topological polar surface area (TPSA) is 61.3 Å².